The smallest absolute Gasteiger partial charge is 0.339 e. The molecule has 0 aromatic heterocycles. The molecule has 0 bridgehead atoms. The number of benzene rings is 2. The minimum Gasteiger partial charge on any atom is -0.452 e. The summed E-state index contributed by atoms with van der Waals surface area (Å²) in [7, 11) is 0. The largest absolute Gasteiger partial charge is 0.452 e. The van der Waals surface area contributed by atoms with Crippen LogP contribution in [0.2, 0.25) is 0 Å². The van der Waals surface area contributed by atoms with Crippen molar-refractivity contribution in [1.82, 2.24) is 5.32 Å². The second kappa shape index (κ2) is 10.5. The number of hydrogen-bond acceptors (Lipinski definition) is 5. The maximum absolute atomic E-state index is 12.3. The van der Waals surface area contributed by atoms with Gasteiger partial charge in [-0.15, -0.1) is 11.8 Å². The lowest BCUT2D eigenvalue weighted by Gasteiger charge is -2.13. The highest BCUT2D eigenvalue weighted by molar-refractivity contribution is 7.98. The zero-order chi connectivity index (χ0) is 20.5. The predicted molar refractivity (Wildman–Crippen MR) is 111 cm³/mol. The van der Waals surface area contributed by atoms with Gasteiger partial charge in [0.15, 0.2) is 6.61 Å². The Morgan fingerprint density at radius 2 is 1.64 bits per heavy atom. The molecule has 0 spiro atoms. The maximum Gasteiger partial charge on any atom is 0.339 e. The van der Waals surface area contributed by atoms with Crippen molar-refractivity contribution in [2.45, 2.75) is 18.7 Å². The fraction of sp³-hybridized carbons (Fsp3) is 0.286. The molecular weight excluding hydrogens is 376 g/mol. The molecule has 0 heterocycles. The molecule has 7 heteroatoms. The summed E-state index contributed by atoms with van der Waals surface area (Å²) in [4.78, 5) is 37.5. The average molecular weight is 401 g/mol. The standard InChI is InChI=1S/C21H24N2O4S/c1-14(2)12-22-20(25)15-8-4-6-10-17(15)23-19(24)13-27-21(26)16-9-5-7-11-18(16)28-3/h4-11,14H,12-13H2,1-3H3,(H,22,25)(H,23,24). The number of nitrogens with one attached hydrogen (secondary N) is 2. The average Bonchev–Trinajstić information content (AvgIpc) is 2.70. The van der Waals surface area contributed by atoms with Crippen molar-refractivity contribution in [2.24, 2.45) is 5.92 Å². The Kier molecular flexibility index (Phi) is 8.07. The summed E-state index contributed by atoms with van der Waals surface area (Å²) >= 11 is 1.43. The topological polar surface area (TPSA) is 84.5 Å². The van der Waals surface area contributed by atoms with Crippen LogP contribution in [0.4, 0.5) is 5.69 Å². The first-order valence-corrected chi connectivity index (χ1v) is 10.1. The number of hydrogen-bond donors (Lipinski definition) is 2. The summed E-state index contributed by atoms with van der Waals surface area (Å²) in [6.07, 6.45) is 1.86. The predicted octanol–water partition coefficient (Wildman–Crippen LogP) is 3.59. The Labute approximate surface area is 169 Å². The van der Waals surface area contributed by atoms with Crippen molar-refractivity contribution in [3.8, 4) is 0 Å². The summed E-state index contributed by atoms with van der Waals surface area (Å²) in [6.45, 7) is 4.09. The van der Waals surface area contributed by atoms with Crippen LogP contribution in [-0.4, -0.2) is 37.2 Å². The number of carbonyl (C=O) groups is 3. The van der Waals surface area contributed by atoms with Gasteiger partial charge in [-0.05, 0) is 36.4 Å². The number of rotatable bonds is 8. The van der Waals surface area contributed by atoms with Crippen molar-refractivity contribution in [2.75, 3.05) is 24.7 Å². The Hall–Kier alpha value is -2.80. The van der Waals surface area contributed by atoms with Gasteiger partial charge in [0.2, 0.25) is 0 Å². The fourth-order valence-electron chi connectivity index (χ4n) is 2.39. The van der Waals surface area contributed by atoms with Crippen LogP contribution in [0.5, 0.6) is 0 Å². The van der Waals surface area contributed by atoms with E-state index in [9.17, 15) is 14.4 Å². The molecule has 148 valence electrons. The third-order valence-electron chi connectivity index (χ3n) is 3.78. The molecule has 0 atom stereocenters. The van der Waals surface area contributed by atoms with Crippen LogP contribution < -0.4 is 10.6 Å². The molecule has 0 radical (unpaired) electrons. The van der Waals surface area contributed by atoms with Crippen LogP contribution in [0.1, 0.15) is 34.6 Å². The molecule has 2 rings (SSSR count). The lowest BCUT2D eigenvalue weighted by atomic mass is 10.1. The third kappa shape index (κ3) is 6.13. The van der Waals surface area contributed by atoms with Crippen LogP contribution >= 0.6 is 11.8 Å². The van der Waals surface area contributed by atoms with Crippen molar-refractivity contribution in [1.29, 1.82) is 0 Å². The normalized spacial score (nSPS) is 10.4. The number of esters is 1. The number of ether oxygens (including phenoxy) is 1. The first-order valence-electron chi connectivity index (χ1n) is 8.89. The van der Waals surface area contributed by atoms with Crippen molar-refractivity contribution in [3.05, 3.63) is 59.7 Å². The van der Waals surface area contributed by atoms with Gasteiger partial charge >= 0.3 is 5.97 Å². The quantitative estimate of drug-likeness (QED) is 0.523. The monoisotopic (exact) mass is 400 g/mol. The van der Waals surface area contributed by atoms with E-state index in [1.54, 1.807) is 36.4 Å². The van der Waals surface area contributed by atoms with Crippen LogP contribution in [-0.2, 0) is 9.53 Å². The Morgan fingerprint density at radius 3 is 2.32 bits per heavy atom. The molecule has 0 aliphatic heterocycles. The Morgan fingerprint density at radius 1 is 1.00 bits per heavy atom. The van der Waals surface area contributed by atoms with Gasteiger partial charge in [0.05, 0.1) is 16.8 Å². The molecule has 6 nitrogen and oxygen atoms in total. The highest BCUT2D eigenvalue weighted by atomic mass is 32.2. The molecule has 2 amide bonds. The van der Waals surface area contributed by atoms with Gasteiger partial charge in [0, 0.05) is 11.4 Å². The first kappa shape index (κ1) is 21.5. The van der Waals surface area contributed by atoms with Gasteiger partial charge in [0.1, 0.15) is 0 Å². The second-order valence-corrected chi connectivity index (χ2v) is 7.32. The molecule has 0 aliphatic carbocycles. The van der Waals surface area contributed by atoms with Crippen LogP contribution in [0, 0.1) is 5.92 Å². The lowest BCUT2D eigenvalue weighted by molar-refractivity contribution is -0.119. The molecular formula is C21H24N2O4S. The zero-order valence-corrected chi connectivity index (χ0v) is 17.0. The summed E-state index contributed by atoms with van der Waals surface area (Å²) in [5.41, 5.74) is 1.14. The minimum absolute atomic E-state index is 0.268. The molecule has 0 saturated carbocycles. The van der Waals surface area contributed by atoms with E-state index in [4.69, 9.17) is 4.74 Å². The van der Waals surface area contributed by atoms with E-state index in [1.165, 1.54) is 11.8 Å². The molecule has 2 aromatic rings. The molecule has 0 fully saturated rings. The number of anilines is 1. The second-order valence-electron chi connectivity index (χ2n) is 6.47. The van der Waals surface area contributed by atoms with Crippen LogP contribution in [0.3, 0.4) is 0 Å². The molecule has 28 heavy (non-hydrogen) atoms. The number of para-hydroxylation sites is 1. The molecule has 0 unspecified atom stereocenters. The number of thioether (sulfide) groups is 1. The lowest BCUT2D eigenvalue weighted by Crippen LogP contribution is -2.29. The van der Waals surface area contributed by atoms with E-state index in [-0.39, 0.29) is 5.91 Å². The van der Waals surface area contributed by atoms with Gasteiger partial charge in [-0.25, -0.2) is 4.79 Å². The SMILES string of the molecule is CSc1ccccc1C(=O)OCC(=O)Nc1ccccc1C(=O)NCC(C)C. The first-order chi connectivity index (χ1) is 13.4. The number of carbonyl (C=O) groups excluding carboxylic acids is 3. The third-order valence-corrected chi connectivity index (χ3v) is 4.57. The highest BCUT2D eigenvalue weighted by Crippen LogP contribution is 2.20. The van der Waals surface area contributed by atoms with Gasteiger partial charge in [0.25, 0.3) is 11.8 Å². The van der Waals surface area contributed by atoms with E-state index in [0.29, 0.717) is 29.3 Å². The molecule has 2 N–H and O–H groups in total. The minimum atomic E-state index is -0.567. The van der Waals surface area contributed by atoms with Crippen LogP contribution in [0.25, 0.3) is 0 Å². The van der Waals surface area contributed by atoms with E-state index >= 15 is 0 Å². The van der Waals surface area contributed by atoms with E-state index in [0.717, 1.165) is 4.90 Å². The summed E-state index contributed by atoms with van der Waals surface area (Å²) in [5.74, 6) is -1.04. The highest BCUT2D eigenvalue weighted by Gasteiger charge is 2.16. The Balaban J connectivity index is 1.98. The Bertz CT molecular complexity index is 852. The van der Waals surface area contributed by atoms with E-state index < -0.39 is 18.5 Å². The van der Waals surface area contributed by atoms with Crippen molar-refractivity contribution < 1.29 is 19.1 Å². The zero-order valence-electron chi connectivity index (χ0n) is 16.2. The molecule has 2 aromatic carbocycles. The van der Waals surface area contributed by atoms with Crippen LogP contribution in [0.15, 0.2) is 53.4 Å². The maximum atomic E-state index is 12.3. The van der Waals surface area contributed by atoms with E-state index in [1.807, 2.05) is 32.2 Å². The summed E-state index contributed by atoms with van der Waals surface area (Å²) in [6, 6.07) is 13.7. The van der Waals surface area contributed by atoms with Gasteiger partial charge in [-0.1, -0.05) is 38.1 Å². The van der Waals surface area contributed by atoms with Gasteiger partial charge in [-0.2, -0.15) is 0 Å². The molecule has 0 aliphatic rings. The van der Waals surface area contributed by atoms with Crippen molar-refractivity contribution in [3.63, 3.8) is 0 Å². The van der Waals surface area contributed by atoms with E-state index in [2.05, 4.69) is 10.6 Å². The molecule has 0 saturated heterocycles. The summed E-state index contributed by atoms with van der Waals surface area (Å²) in [5, 5.41) is 5.45. The fourth-order valence-corrected chi connectivity index (χ4v) is 2.98. The van der Waals surface area contributed by atoms with Gasteiger partial charge < -0.3 is 15.4 Å². The van der Waals surface area contributed by atoms with Gasteiger partial charge in [-0.3, -0.25) is 9.59 Å². The van der Waals surface area contributed by atoms with Crippen molar-refractivity contribution >= 4 is 35.2 Å². The summed E-state index contributed by atoms with van der Waals surface area (Å²) < 4.78 is 5.12. The number of amides is 2.